The molecule has 0 spiro atoms. The van der Waals surface area contributed by atoms with Crippen molar-refractivity contribution in [2.45, 2.75) is 0 Å². The molecule has 1 aliphatic rings. The second-order valence-corrected chi connectivity index (χ2v) is 9.47. The summed E-state index contributed by atoms with van der Waals surface area (Å²) in [5.41, 5.74) is 4.24. The molecule has 5 rings (SSSR count). The number of aromatic amines is 1. The van der Waals surface area contributed by atoms with Crippen molar-refractivity contribution in [1.82, 2.24) is 20.2 Å². The molecule has 1 aliphatic heterocycles. The Labute approximate surface area is 191 Å². The standard InChI is InChI=1S/C22H23N7O3S/c1-33(30,31)28-18-5-3-2-4-17(18)21-25-19-14-23-27-20(19)22(26-21)24-15-6-8-16(9-7-15)29-10-12-32-13-11-29/h2-9,14,28H,10-13H2,1H3,(H,23,27)(H,24,25,26). The number of nitrogens with one attached hydrogen (secondary N) is 3. The highest BCUT2D eigenvalue weighted by molar-refractivity contribution is 7.92. The average molecular weight is 466 g/mol. The van der Waals surface area contributed by atoms with Gasteiger partial charge in [0.25, 0.3) is 0 Å². The van der Waals surface area contributed by atoms with Gasteiger partial charge >= 0.3 is 0 Å². The molecule has 0 atom stereocenters. The molecule has 0 aliphatic carbocycles. The van der Waals surface area contributed by atoms with E-state index < -0.39 is 10.0 Å². The second kappa shape index (κ2) is 8.68. The van der Waals surface area contributed by atoms with Gasteiger partial charge in [0.2, 0.25) is 10.0 Å². The van der Waals surface area contributed by atoms with Crippen LogP contribution in [0.4, 0.5) is 22.9 Å². The van der Waals surface area contributed by atoms with Gasteiger partial charge in [-0.15, -0.1) is 0 Å². The van der Waals surface area contributed by atoms with Crippen molar-refractivity contribution in [3.05, 3.63) is 54.7 Å². The van der Waals surface area contributed by atoms with Crippen LogP contribution >= 0.6 is 0 Å². The van der Waals surface area contributed by atoms with E-state index >= 15 is 0 Å². The van der Waals surface area contributed by atoms with Gasteiger partial charge in [-0.25, -0.2) is 18.4 Å². The zero-order valence-corrected chi connectivity index (χ0v) is 18.8. The summed E-state index contributed by atoms with van der Waals surface area (Å²) >= 11 is 0. The molecule has 10 nitrogen and oxygen atoms in total. The van der Waals surface area contributed by atoms with Crippen molar-refractivity contribution < 1.29 is 13.2 Å². The van der Waals surface area contributed by atoms with E-state index in [1.807, 2.05) is 18.2 Å². The van der Waals surface area contributed by atoms with Crippen LogP contribution in [0, 0.1) is 0 Å². The molecule has 1 fully saturated rings. The van der Waals surface area contributed by atoms with Crippen LogP contribution in [0.3, 0.4) is 0 Å². The van der Waals surface area contributed by atoms with Gasteiger partial charge in [-0.1, -0.05) is 12.1 Å². The van der Waals surface area contributed by atoms with Crippen molar-refractivity contribution in [3.63, 3.8) is 0 Å². The molecule has 0 radical (unpaired) electrons. The average Bonchev–Trinajstić information content (AvgIpc) is 3.29. The van der Waals surface area contributed by atoms with Gasteiger partial charge in [0.1, 0.15) is 11.0 Å². The lowest BCUT2D eigenvalue weighted by atomic mass is 10.1. The quantitative estimate of drug-likeness (QED) is 0.397. The molecule has 4 aromatic rings. The van der Waals surface area contributed by atoms with Crippen LogP contribution < -0.4 is 14.9 Å². The van der Waals surface area contributed by atoms with E-state index in [4.69, 9.17) is 4.74 Å². The van der Waals surface area contributed by atoms with Crippen molar-refractivity contribution in [2.75, 3.05) is 47.5 Å². The molecule has 0 saturated carbocycles. The van der Waals surface area contributed by atoms with Gasteiger partial charge in [-0.05, 0) is 36.4 Å². The second-order valence-electron chi connectivity index (χ2n) is 7.72. The molecule has 3 N–H and O–H groups in total. The van der Waals surface area contributed by atoms with E-state index in [0.717, 1.165) is 43.9 Å². The highest BCUT2D eigenvalue weighted by Gasteiger charge is 2.16. The Morgan fingerprint density at radius 1 is 1.03 bits per heavy atom. The minimum Gasteiger partial charge on any atom is -0.378 e. The normalized spacial score (nSPS) is 14.4. The Balaban J connectivity index is 1.48. The fourth-order valence-electron chi connectivity index (χ4n) is 3.73. The molecule has 33 heavy (non-hydrogen) atoms. The molecule has 2 aromatic heterocycles. The number of hydrogen-bond donors (Lipinski definition) is 3. The Hall–Kier alpha value is -3.70. The first-order valence-corrected chi connectivity index (χ1v) is 12.3. The van der Waals surface area contributed by atoms with Crippen molar-refractivity contribution >= 4 is 43.9 Å². The van der Waals surface area contributed by atoms with Crippen LogP contribution in [-0.4, -0.2) is 61.1 Å². The summed E-state index contributed by atoms with van der Waals surface area (Å²) in [5.74, 6) is 0.920. The largest absolute Gasteiger partial charge is 0.378 e. The van der Waals surface area contributed by atoms with Crippen LogP contribution in [0.25, 0.3) is 22.4 Å². The Kier molecular flexibility index (Phi) is 5.56. The summed E-state index contributed by atoms with van der Waals surface area (Å²) in [6.45, 7) is 3.21. The maximum absolute atomic E-state index is 11.8. The predicted octanol–water partition coefficient (Wildman–Crippen LogP) is 2.97. The molecule has 11 heteroatoms. The molecule has 170 valence electrons. The van der Waals surface area contributed by atoms with Crippen LogP contribution in [0.1, 0.15) is 0 Å². The smallest absolute Gasteiger partial charge is 0.229 e. The summed E-state index contributed by atoms with van der Waals surface area (Å²) in [4.78, 5) is 11.5. The first-order chi connectivity index (χ1) is 16.0. The molecule has 0 bridgehead atoms. The number of H-pyrrole nitrogens is 1. The SMILES string of the molecule is CS(=O)(=O)Nc1ccccc1-c1nc(Nc2ccc(N3CCOCC3)cc2)c2[nH]ncc2n1. The number of hydrogen-bond acceptors (Lipinski definition) is 8. The first-order valence-electron chi connectivity index (χ1n) is 10.4. The number of nitrogens with zero attached hydrogens (tertiary/aromatic N) is 4. The zero-order chi connectivity index (χ0) is 22.8. The number of morpholine rings is 1. The zero-order valence-electron chi connectivity index (χ0n) is 17.9. The molecule has 2 aromatic carbocycles. The minimum atomic E-state index is -3.46. The van der Waals surface area contributed by atoms with Crippen LogP contribution in [0.15, 0.2) is 54.7 Å². The number of anilines is 4. The minimum absolute atomic E-state index is 0.378. The Bertz CT molecular complexity index is 1380. The van der Waals surface area contributed by atoms with E-state index in [2.05, 4.69) is 47.2 Å². The number of sulfonamides is 1. The highest BCUT2D eigenvalue weighted by Crippen LogP contribution is 2.30. The lowest BCUT2D eigenvalue weighted by molar-refractivity contribution is 0.122. The maximum Gasteiger partial charge on any atom is 0.229 e. The van der Waals surface area contributed by atoms with Gasteiger partial charge in [0.15, 0.2) is 11.6 Å². The van der Waals surface area contributed by atoms with E-state index in [-0.39, 0.29) is 0 Å². The van der Waals surface area contributed by atoms with Crippen LogP contribution in [-0.2, 0) is 14.8 Å². The maximum atomic E-state index is 11.8. The molecule has 1 saturated heterocycles. The fraction of sp³-hybridized carbons (Fsp3) is 0.227. The van der Waals surface area contributed by atoms with Crippen LogP contribution in [0.2, 0.25) is 0 Å². The number of aromatic nitrogens is 4. The molecule has 0 unspecified atom stereocenters. The Morgan fingerprint density at radius 3 is 2.55 bits per heavy atom. The van der Waals surface area contributed by atoms with E-state index in [9.17, 15) is 8.42 Å². The third-order valence-electron chi connectivity index (χ3n) is 5.27. The van der Waals surface area contributed by atoms with E-state index in [0.29, 0.717) is 33.9 Å². The molecular formula is C22H23N7O3S. The Morgan fingerprint density at radius 2 is 1.79 bits per heavy atom. The van der Waals surface area contributed by atoms with E-state index in [1.54, 1.807) is 24.4 Å². The van der Waals surface area contributed by atoms with Gasteiger partial charge < -0.3 is 15.0 Å². The lowest BCUT2D eigenvalue weighted by Crippen LogP contribution is -2.36. The molecular weight excluding hydrogens is 442 g/mol. The number of fused-ring (bicyclic) bond motifs is 1. The number of benzene rings is 2. The number of ether oxygens (including phenoxy) is 1. The van der Waals surface area contributed by atoms with Crippen molar-refractivity contribution in [3.8, 4) is 11.4 Å². The summed E-state index contributed by atoms with van der Waals surface area (Å²) in [5, 5.41) is 10.4. The van der Waals surface area contributed by atoms with Crippen molar-refractivity contribution in [2.24, 2.45) is 0 Å². The molecule has 0 amide bonds. The fourth-order valence-corrected chi connectivity index (χ4v) is 4.31. The number of rotatable bonds is 6. The third kappa shape index (κ3) is 4.73. The van der Waals surface area contributed by atoms with Gasteiger partial charge in [-0.3, -0.25) is 9.82 Å². The van der Waals surface area contributed by atoms with Gasteiger partial charge in [0, 0.05) is 30.0 Å². The van der Waals surface area contributed by atoms with Crippen LogP contribution in [0.5, 0.6) is 0 Å². The monoisotopic (exact) mass is 465 g/mol. The summed E-state index contributed by atoms with van der Waals surface area (Å²) in [6.07, 6.45) is 2.72. The summed E-state index contributed by atoms with van der Waals surface area (Å²) < 4.78 is 31.6. The third-order valence-corrected chi connectivity index (χ3v) is 5.86. The van der Waals surface area contributed by atoms with Gasteiger partial charge in [0.05, 0.1) is 31.4 Å². The highest BCUT2D eigenvalue weighted by atomic mass is 32.2. The first kappa shape index (κ1) is 21.2. The van der Waals surface area contributed by atoms with Gasteiger partial charge in [-0.2, -0.15) is 5.10 Å². The lowest BCUT2D eigenvalue weighted by Gasteiger charge is -2.28. The number of para-hydroxylation sites is 1. The van der Waals surface area contributed by atoms with E-state index in [1.165, 1.54) is 0 Å². The summed E-state index contributed by atoms with van der Waals surface area (Å²) in [7, 11) is -3.46. The summed E-state index contributed by atoms with van der Waals surface area (Å²) in [6, 6.07) is 15.1. The van der Waals surface area contributed by atoms with Crippen molar-refractivity contribution in [1.29, 1.82) is 0 Å². The molecule has 3 heterocycles. The topological polar surface area (TPSA) is 125 Å². The predicted molar refractivity (Wildman–Crippen MR) is 128 cm³/mol.